The summed E-state index contributed by atoms with van der Waals surface area (Å²) in [5.41, 5.74) is 0. The Labute approximate surface area is 66.0 Å². The second kappa shape index (κ2) is 3.16. The summed E-state index contributed by atoms with van der Waals surface area (Å²) in [6, 6.07) is 0. The van der Waals surface area contributed by atoms with Gasteiger partial charge in [-0.1, -0.05) is 6.42 Å². The first-order valence-corrected chi connectivity index (χ1v) is 4.72. The summed E-state index contributed by atoms with van der Waals surface area (Å²) >= 11 is 1.89. The van der Waals surface area contributed by atoms with Gasteiger partial charge >= 0.3 is 0 Å². The molecule has 0 radical (unpaired) electrons. The van der Waals surface area contributed by atoms with Crippen molar-refractivity contribution in [3.05, 3.63) is 0 Å². The Bertz CT molecular complexity index is 141. The van der Waals surface area contributed by atoms with Crippen molar-refractivity contribution < 1.29 is 0 Å². The third-order valence-electron chi connectivity index (χ3n) is 2.19. The molecule has 56 valence electrons. The quantitative estimate of drug-likeness (QED) is 0.495. The normalized spacial score (nSPS) is 20.8. The van der Waals surface area contributed by atoms with Gasteiger partial charge in [-0.05, 0) is 19.1 Å². The highest BCUT2D eigenvalue weighted by Crippen LogP contribution is 2.41. The van der Waals surface area contributed by atoms with Gasteiger partial charge < -0.3 is 5.32 Å². The van der Waals surface area contributed by atoms with Crippen molar-refractivity contribution in [2.75, 3.05) is 12.8 Å². The SMILES string of the molecule is CSC1(CNC#N)CCC1. The van der Waals surface area contributed by atoms with Gasteiger partial charge in [0, 0.05) is 11.3 Å². The Hall–Kier alpha value is -0.360. The van der Waals surface area contributed by atoms with Gasteiger partial charge in [0.2, 0.25) is 0 Å². The zero-order chi connectivity index (χ0) is 7.45. The molecule has 1 N–H and O–H groups in total. The van der Waals surface area contributed by atoms with E-state index in [1.54, 1.807) is 0 Å². The number of hydrogen-bond donors (Lipinski definition) is 1. The molecule has 0 unspecified atom stereocenters. The monoisotopic (exact) mass is 156 g/mol. The van der Waals surface area contributed by atoms with Gasteiger partial charge in [0.15, 0.2) is 6.19 Å². The molecule has 0 aromatic carbocycles. The molecule has 0 atom stereocenters. The number of hydrogen-bond acceptors (Lipinski definition) is 3. The maximum absolute atomic E-state index is 8.27. The topological polar surface area (TPSA) is 35.8 Å². The molecular weight excluding hydrogens is 144 g/mol. The van der Waals surface area contributed by atoms with Crippen molar-refractivity contribution in [1.82, 2.24) is 5.32 Å². The summed E-state index contributed by atoms with van der Waals surface area (Å²) in [6.07, 6.45) is 7.95. The van der Waals surface area contributed by atoms with E-state index in [0.717, 1.165) is 6.54 Å². The molecule has 0 heterocycles. The van der Waals surface area contributed by atoms with E-state index >= 15 is 0 Å². The molecule has 2 nitrogen and oxygen atoms in total. The molecule has 0 aromatic heterocycles. The van der Waals surface area contributed by atoms with Crippen LogP contribution in [0.2, 0.25) is 0 Å². The van der Waals surface area contributed by atoms with Crippen molar-refractivity contribution >= 4 is 11.8 Å². The predicted octanol–water partition coefficient (Wildman–Crippen LogP) is 1.34. The Kier molecular flexibility index (Phi) is 2.44. The third kappa shape index (κ3) is 1.38. The van der Waals surface area contributed by atoms with Crippen LogP contribution in [0.3, 0.4) is 0 Å². The van der Waals surface area contributed by atoms with E-state index in [1.165, 1.54) is 19.3 Å². The molecular formula is C7H12N2S. The van der Waals surface area contributed by atoms with Crippen molar-refractivity contribution in [2.45, 2.75) is 24.0 Å². The zero-order valence-electron chi connectivity index (χ0n) is 6.18. The zero-order valence-corrected chi connectivity index (χ0v) is 7.00. The summed E-state index contributed by atoms with van der Waals surface area (Å²) in [6.45, 7) is 0.852. The highest BCUT2D eigenvalue weighted by atomic mass is 32.2. The van der Waals surface area contributed by atoms with Gasteiger partial charge in [-0.2, -0.15) is 17.0 Å². The minimum atomic E-state index is 0.399. The van der Waals surface area contributed by atoms with Crippen LogP contribution in [0.4, 0.5) is 0 Å². The van der Waals surface area contributed by atoms with E-state index in [-0.39, 0.29) is 0 Å². The van der Waals surface area contributed by atoms with E-state index in [4.69, 9.17) is 5.26 Å². The molecule has 1 rings (SSSR count). The predicted molar refractivity (Wildman–Crippen MR) is 43.7 cm³/mol. The molecule has 1 aliphatic carbocycles. The standard InChI is InChI=1S/C7H12N2S/c1-10-7(3-2-4-7)5-9-6-8/h9H,2-5H2,1H3. The van der Waals surface area contributed by atoms with Crippen molar-refractivity contribution in [2.24, 2.45) is 0 Å². The lowest BCUT2D eigenvalue weighted by Gasteiger charge is -2.39. The smallest absolute Gasteiger partial charge is 0.176 e. The first-order chi connectivity index (χ1) is 4.83. The maximum Gasteiger partial charge on any atom is 0.176 e. The molecule has 0 aliphatic heterocycles. The fraction of sp³-hybridized carbons (Fsp3) is 0.857. The van der Waals surface area contributed by atoms with Crippen LogP contribution in [0, 0.1) is 11.5 Å². The summed E-state index contributed by atoms with van der Waals surface area (Å²) in [4.78, 5) is 0. The van der Waals surface area contributed by atoms with E-state index in [1.807, 2.05) is 18.0 Å². The molecule has 0 amide bonds. The minimum Gasteiger partial charge on any atom is -0.322 e. The number of rotatable bonds is 3. The fourth-order valence-corrected chi connectivity index (χ4v) is 2.14. The first kappa shape index (κ1) is 7.74. The average molecular weight is 156 g/mol. The molecule has 0 saturated heterocycles. The molecule has 1 fully saturated rings. The van der Waals surface area contributed by atoms with Crippen LogP contribution in [0.1, 0.15) is 19.3 Å². The molecule has 3 heteroatoms. The van der Waals surface area contributed by atoms with Crippen LogP contribution in [0.25, 0.3) is 0 Å². The lowest BCUT2D eigenvalue weighted by atomic mass is 9.84. The van der Waals surface area contributed by atoms with Gasteiger partial charge in [0.25, 0.3) is 0 Å². The molecule has 1 saturated carbocycles. The summed E-state index contributed by atoms with van der Waals surface area (Å²) in [7, 11) is 0. The van der Waals surface area contributed by atoms with Gasteiger partial charge in [0.05, 0.1) is 0 Å². The number of nitrogens with zero attached hydrogens (tertiary/aromatic N) is 1. The molecule has 0 bridgehead atoms. The van der Waals surface area contributed by atoms with Gasteiger partial charge in [-0.3, -0.25) is 0 Å². The van der Waals surface area contributed by atoms with Gasteiger partial charge in [-0.15, -0.1) is 0 Å². The van der Waals surface area contributed by atoms with E-state index in [0.29, 0.717) is 4.75 Å². The third-order valence-corrected chi connectivity index (χ3v) is 3.61. The Morgan fingerprint density at radius 2 is 2.40 bits per heavy atom. The summed E-state index contributed by atoms with van der Waals surface area (Å²) < 4.78 is 0.399. The maximum atomic E-state index is 8.27. The second-order valence-corrected chi connectivity index (χ2v) is 3.98. The minimum absolute atomic E-state index is 0.399. The Morgan fingerprint density at radius 3 is 2.70 bits per heavy atom. The van der Waals surface area contributed by atoms with Crippen LogP contribution >= 0.6 is 11.8 Å². The van der Waals surface area contributed by atoms with Gasteiger partial charge in [-0.25, -0.2) is 0 Å². The van der Waals surface area contributed by atoms with Gasteiger partial charge in [0.1, 0.15) is 0 Å². The van der Waals surface area contributed by atoms with Crippen LogP contribution in [-0.2, 0) is 0 Å². The van der Waals surface area contributed by atoms with E-state index < -0.39 is 0 Å². The highest BCUT2D eigenvalue weighted by molar-refractivity contribution is 8.00. The van der Waals surface area contributed by atoms with Crippen LogP contribution < -0.4 is 5.32 Å². The summed E-state index contributed by atoms with van der Waals surface area (Å²) in [5, 5.41) is 11.0. The highest BCUT2D eigenvalue weighted by Gasteiger charge is 2.35. The number of thioether (sulfide) groups is 1. The average Bonchev–Trinajstić information content (AvgIpc) is 1.87. The van der Waals surface area contributed by atoms with Crippen molar-refractivity contribution in [3.63, 3.8) is 0 Å². The van der Waals surface area contributed by atoms with Crippen molar-refractivity contribution in [3.8, 4) is 6.19 Å². The first-order valence-electron chi connectivity index (χ1n) is 3.50. The summed E-state index contributed by atoms with van der Waals surface area (Å²) in [5.74, 6) is 0. The van der Waals surface area contributed by atoms with E-state index in [9.17, 15) is 0 Å². The Morgan fingerprint density at radius 1 is 1.70 bits per heavy atom. The van der Waals surface area contributed by atoms with E-state index in [2.05, 4.69) is 11.6 Å². The lowest BCUT2D eigenvalue weighted by Crippen LogP contribution is -2.41. The molecule has 0 aromatic rings. The van der Waals surface area contributed by atoms with Crippen molar-refractivity contribution in [1.29, 1.82) is 5.26 Å². The van der Waals surface area contributed by atoms with Crippen LogP contribution in [0.5, 0.6) is 0 Å². The fourth-order valence-electron chi connectivity index (χ4n) is 1.22. The molecule has 0 spiro atoms. The largest absolute Gasteiger partial charge is 0.322 e. The molecule has 10 heavy (non-hydrogen) atoms. The molecule has 1 aliphatic rings. The van der Waals surface area contributed by atoms with Crippen LogP contribution in [0.15, 0.2) is 0 Å². The number of nitrogens with one attached hydrogen (secondary N) is 1. The second-order valence-electron chi connectivity index (χ2n) is 2.71. The number of nitriles is 1. The van der Waals surface area contributed by atoms with Crippen LogP contribution in [-0.4, -0.2) is 17.5 Å². The Balaban J connectivity index is 2.28. The lowest BCUT2D eigenvalue weighted by molar-refractivity contribution is 0.359.